The second-order valence-electron chi connectivity index (χ2n) is 4.18. The smallest absolute Gasteiger partial charge is 0.165 e. The summed E-state index contributed by atoms with van der Waals surface area (Å²) in [6, 6.07) is 0.0966. The summed E-state index contributed by atoms with van der Waals surface area (Å²) in [5.41, 5.74) is 7.07. The first kappa shape index (κ1) is 10.2. The Morgan fingerprint density at radius 2 is 2.29 bits per heavy atom. The van der Waals surface area contributed by atoms with Crippen molar-refractivity contribution in [2.24, 2.45) is 5.92 Å². The molecule has 0 aromatic carbocycles. The van der Waals surface area contributed by atoms with Crippen LogP contribution >= 0.6 is 0 Å². The summed E-state index contributed by atoms with van der Waals surface area (Å²) in [7, 11) is 0. The number of imidazole rings is 1. The van der Waals surface area contributed by atoms with E-state index >= 15 is 0 Å². The quantitative estimate of drug-likeness (QED) is 0.735. The molecule has 17 heavy (non-hydrogen) atoms. The van der Waals surface area contributed by atoms with E-state index in [9.17, 15) is 5.11 Å². The number of aliphatic hydroxyl groups is 1. The van der Waals surface area contributed by atoms with Crippen molar-refractivity contribution in [3.8, 4) is 0 Å². The Hall–Kier alpha value is -1.95. The van der Waals surface area contributed by atoms with Gasteiger partial charge in [0.05, 0.1) is 12.4 Å². The van der Waals surface area contributed by atoms with E-state index in [1.165, 1.54) is 6.33 Å². The topological polar surface area (TPSA) is 89.9 Å². The highest BCUT2D eigenvalue weighted by Crippen LogP contribution is 2.31. The number of rotatable bonds is 2. The van der Waals surface area contributed by atoms with Gasteiger partial charge in [0.1, 0.15) is 11.8 Å². The maximum Gasteiger partial charge on any atom is 0.165 e. The Bertz CT molecular complexity index is 576. The van der Waals surface area contributed by atoms with E-state index < -0.39 is 0 Å². The fourth-order valence-electron chi connectivity index (χ4n) is 2.28. The molecule has 0 amide bonds. The van der Waals surface area contributed by atoms with E-state index in [4.69, 9.17) is 5.73 Å². The zero-order valence-corrected chi connectivity index (χ0v) is 9.19. The van der Waals surface area contributed by atoms with Gasteiger partial charge in [-0.1, -0.05) is 12.2 Å². The lowest BCUT2D eigenvalue weighted by Gasteiger charge is -2.18. The summed E-state index contributed by atoms with van der Waals surface area (Å²) < 4.78 is 1.94. The van der Waals surface area contributed by atoms with Gasteiger partial charge >= 0.3 is 0 Å². The van der Waals surface area contributed by atoms with Crippen molar-refractivity contribution in [2.75, 3.05) is 12.3 Å². The number of nitrogen functional groups attached to an aromatic ring is 1. The van der Waals surface area contributed by atoms with Crippen LogP contribution in [0.15, 0.2) is 24.8 Å². The molecular formula is C11H13N5O. The normalized spacial score (nSPS) is 23.6. The summed E-state index contributed by atoms with van der Waals surface area (Å²) in [6.07, 6.45) is 8.16. The van der Waals surface area contributed by atoms with Gasteiger partial charge in [-0.15, -0.1) is 0 Å². The van der Waals surface area contributed by atoms with E-state index in [0.717, 1.165) is 6.42 Å². The third-order valence-electron chi connectivity index (χ3n) is 3.20. The van der Waals surface area contributed by atoms with Crippen LogP contribution in [-0.2, 0) is 0 Å². The van der Waals surface area contributed by atoms with Crippen LogP contribution in [0.3, 0.4) is 0 Å². The Morgan fingerprint density at radius 1 is 1.41 bits per heavy atom. The molecule has 2 aromatic heterocycles. The Labute approximate surface area is 97.8 Å². The molecule has 0 bridgehead atoms. The molecule has 0 radical (unpaired) electrons. The highest BCUT2D eigenvalue weighted by Gasteiger charge is 2.25. The van der Waals surface area contributed by atoms with Crippen LogP contribution in [0.5, 0.6) is 0 Å². The predicted molar refractivity (Wildman–Crippen MR) is 63.1 cm³/mol. The summed E-state index contributed by atoms with van der Waals surface area (Å²) in [5, 5.41) is 9.33. The van der Waals surface area contributed by atoms with Crippen molar-refractivity contribution < 1.29 is 5.11 Å². The third-order valence-corrected chi connectivity index (χ3v) is 3.20. The van der Waals surface area contributed by atoms with Crippen molar-refractivity contribution >= 4 is 17.0 Å². The van der Waals surface area contributed by atoms with E-state index in [2.05, 4.69) is 27.1 Å². The average Bonchev–Trinajstić information content (AvgIpc) is 2.94. The maximum atomic E-state index is 9.33. The second-order valence-corrected chi connectivity index (χ2v) is 4.18. The van der Waals surface area contributed by atoms with Crippen LogP contribution in [0, 0.1) is 5.92 Å². The van der Waals surface area contributed by atoms with Gasteiger partial charge in [0.2, 0.25) is 0 Å². The zero-order valence-electron chi connectivity index (χ0n) is 9.19. The molecule has 2 heterocycles. The third kappa shape index (κ3) is 1.49. The van der Waals surface area contributed by atoms with Gasteiger partial charge in [0.15, 0.2) is 11.5 Å². The monoisotopic (exact) mass is 231 g/mol. The molecule has 2 atom stereocenters. The van der Waals surface area contributed by atoms with Crippen molar-refractivity contribution in [3.05, 3.63) is 24.8 Å². The Kier molecular flexibility index (Phi) is 2.29. The first-order valence-electron chi connectivity index (χ1n) is 5.52. The largest absolute Gasteiger partial charge is 0.396 e. The molecule has 0 saturated carbocycles. The minimum atomic E-state index is 0.0966. The Morgan fingerprint density at radius 3 is 3.12 bits per heavy atom. The molecule has 2 aromatic rings. The molecule has 0 saturated heterocycles. The molecule has 1 aliphatic carbocycles. The highest BCUT2D eigenvalue weighted by atomic mass is 16.3. The van der Waals surface area contributed by atoms with E-state index in [0.29, 0.717) is 17.0 Å². The number of hydrogen-bond donors (Lipinski definition) is 2. The van der Waals surface area contributed by atoms with Gasteiger partial charge in [0.25, 0.3) is 0 Å². The number of anilines is 1. The molecule has 0 fully saturated rings. The summed E-state index contributed by atoms with van der Waals surface area (Å²) >= 11 is 0. The zero-order chi connectivity index (χ0) is 11.8. The van der Waals surface area contributed by atoms with E-state index in [1.807, 2.05) is 4.57 Å². The number of nitrogens with zero attached hydrogens (tertiary/aromatic N) is 4. The van der Waals surface area contributed by atoms with Crippen LogP contribution in [-0.4, -0.2) is 31.2 Å². The van der Waals surface area contributed by atoms with Gasteiger partial charge in [-0.25, -0.2) is 15.0 Å². The fraction of sp³-hybridized carbons (Fsp3) is 0.364. The molecule has 0 spiro atoms. The van der Waals surface area contributed by atoms with Crippen molar-refractivity contribution in [1.29, 1.82) is 0 Å². The number of aliphatic hydroxyl groups excluding tert-OH is 1. The van der Waals surface area contributed by atoms with Crippen molar-refractivity contribution in [1.82, 2.24) is 19.5 Å². The molecule has 3 N–H and O–H groups in total. The average molecular weight is 231 g/mol. The highest BCUT2D eigenvalue weighted by molar-refractivity contribution is 5.81. The van der Waals surface area contributed by atoms with Crippen LogP contribution in [0.4, 0.5) is 5.82 Å². The minimum absolute atomic E-state index is 0.0966. The predicted octanol–water partition coefficient (Wildman–Crippen LogP) is 0.518. The van der Waals surface area contributed by atoms with Gasteiger partial charge in [0, 0.05) is 12.5 Å². The van der Waals surface area contributed by atoms with Gasteiger partial charge in [-0.3, -0.25) is 0 Å². The molecule has 88 valence electrons. The molecule has 1 aliphatic rings. The van der Waals surface area contributed by atoms with Gasteiger partial charge in [-0.05, 0) is 6.42 Å². The van der Waals surface area contributed by atoms with Crippen LogP contribution in [0.2, 0.25) is 0 Å². The van der Waals surface area contributed by atoms with Crippen LogP contribution in [0.1, 0.15) is 12.5 Å². The fourth-order valence-corrected chi connectivity index (χ4v) is 2.28. The van der Waals surface area contributed by atoms with Crippen LogP contribution in [0.25, 0.3) is 11.2 Å². The molecule has 3 rings (SSSR count). The SMILES string of the molecule is Nc1ncnc2c1ncn2[C@@H]1C=CC[C@@H]1CO. The first-order chi connectivity index (χ1) is 8.31. The molecule has 6 heteroatoms. The summed E-state index contributed by atoms with van der Waals surface area (Å²) in [6.45, 7) is 0.151. The maximum absolute atomic E-state index is 9.33. The molecule has 6 nitrogen and oxygen atoms in total. The lowest BCUT2D eigenvalue weighted by Crippen LogP contribution is -2.17. The lowest BCUT2D eigenvalue weighted by molar-refractivity contribution is 0.205. The number of hydrogen-bond acceptors (Lipinski definition) is 5. The lowest BCUT2D eigenvalue weighted by atomic mass is 10.0. The molecular weight excluding hydrogens is 218 g/mol. The van der Waals surface area contributed by atoms with Crippen molar-refractivity contribution in [2.45, 2.75) is 12.5 Å². The summed E-state index contributed by atoms with van der Waals surface area (Å²) in [4.78, 5) is 12.3. The molecule has 0 unspecified atom stereocenters. The second kappa shape index (κ2) is 3.81. The minimum Gasteiger partial charge on any atom is -0.396 e. The summed E-state index contributed by atoms with van der Waals surface area (Å²) in [5.74, 6) is 0.569. The van der Waals surface area contributed by atoms with Crippen molar-refractivity contribution in [3.63, 3.8) is 0 Å². The van der Waals surface area contributed by atoms with E-state index in [-0.39, 0.29) is 18.6 Å². The first-order valence-corrected chi connectivity index (χ1v) is 5.52. The number of allylic oxidation sites excluding steroid dienone is 2. The number of aromatic nitrogens is 4. The van der Waals surface area contributed by atoms with Gasteiger partial charge < -0.3 is 15.4 Å². The number of nitrogens with two attached hydrogens (primary N) is 1. The number of fused-ring (bicyclic) bond motifs is 1. The van der Waals surface area contributed by atoms with Crippen LogP contribution < -0.4 is 5.73 Å². The van der Waals surface area contributed by atoms with Gasteiger partial charge in [-0.2, -0.15) is 0 Å². The standard InChI is InChI=1S/C11H13N5O/c12-10-9-11(14-5-13-10)16(6-15-9)8-3-1-2-7(8)4-17/h1,3,5-8,17H,2,4H2,(H2,12,13,14)/t7-,8-/m1/s1. The van der Waals surface area contributed by atoms with E-state index in [1.54, 1.807) is 6.33 Å². The Balaban J connectivity index is 2.12. The molecule has 0 aliphatic heterocycles.